The number of carbonyl (C=O) groups excluding carboxylic acids is 1. The van der Waals surface area contributed by atoms with Gasteiger partial charge in [-0.3, -0.25) is 4.79 Å². The van der Waals surface area contributed by atoms with E-state index in [1.807, 2.05) is 22.6 Å². The summed E-state index contributed by atoms with van der Waals surface area (Å²) in [5.74, 6) is -0.631. The molecule has 0 bridgehead atoms. The molecule has 1 amide bonds. The van der Waals surface area contributed by atoms with Crippen molar-refractivity contribution in [2.75, 3.05) is 19.0 Å². The van der Waals surface area contributed by atoms with Crippen molar-refractivity contribution in [2.24, 2.45) is 5.73 Å². The van der Waals surface area contributed by atoms with Gasteiger partial charge in [0.2, 0.25) is 5.91 Å². The van der Waals surface area contributed by atoms with Crippen molar-refractivity contribution in [3.63, 3.8) is 0 Å². The Bertz CT molecular complexity index is 1010. The minimum atomic E-state index is -4.63. The molecular weight excluding hydrogens is 462 g/mol. The van der Waals surface area contributed by atoms with Crippen molar-refractivity contribution >= 4 is 45.2 Å². The Morgan fingerprint density at radius 2 is 1.96 bits per heavy atom. The van der Waals surface area contributed by atoms with Gasteiger partial charge in [-0.2, -0.15) is 18.3 Å². The van der Waals surface area contributed by atoms with E-state index in [9.17, 15) is 18.0 Å². The van der Waals surface area contributed by atoms with Gasteiger partial charge < -0.3 is 10.6 Å². The third kappa shape index (κ3) is 3.08. The third-order valence-electron chi connectivity index (χ3n) is 3.76. The van der Waals surface area contributed by atoms with Gasteiger partial charge >= 0.3 is 6.18 Å². The van der Waals surface area contributed by atoms with E-state index in [4.69, 9.17) is 5.73 Å². The van der Waals surface area contributed by atoms with Crippen LogP contribution in [0.15, 0.2) is 30.5 Å². The summed E-state index contributed by atoms with van der Waals surface area (Å²) in [6, 6.07) is 5.95. The molecule has 0 aliphatic heterocycles. The van der Waals surface area contributed by atoms with E-state index in [1.54, 1.807) is 19.0 Å². The maximum Gasteiger partial charge on any atom is 0.435 e. The van der Waals surface area contributed by atoms with Crippen LogP contribution in [0.1, 0.15) is 16.1 Å². The third-order valence-corrected chi connectivity index (χ3v) is 4.65. The number of primary amides is 1. The van der Waals surface area contributed by atoms with E-state index in [0.717, 1.165) is 4.68 Å². The van der Waals surface area contributed by atoms with Crippen molar-refractivity contribution < 1.29 is 18.0 Å². The minimum absolute atomic E-state index is 0.0655. The Kier molecular flexibility index (Phi) is 4.54. The van der Waals surface area contributed by atoms with Crippen LogP contribution in [-0.2, 0) is 6.18 Å². The fraction of sp³-hybridized carbons (Fsp3) is 0.188. The summed E-state index contributed by atoms with van der Waals surface area (Å²) in [6.07, 6.45) is -3.20. The highest BCUT2D eigenvalue weighted by Crippen LogP contribution is 2.37. The number of aromatic nitrogens is 3. The monoisotopic (exact) mass is 475 g/mol. The standard InChI is InChI=1S/C16H13F3IN5O/c1-24(2)11-7-8(14(21)26)3-4-10(11)25-15-12(9(20)5-6-22-15)13(23-25)16(17,18)19/h3-7H,1-2H3,(H2,21,26). The molecule has 3 rings (SSSR count). The van der Waals surface area contributed by atoms with Crippen molar-refractivity contribution in [2.45, 2.75) is 6.18 Å². The first kappa shape index (κ1) is 18.4. The molecule has 2 heterocycles. The van der Waals surface area contributed by atoms with Gasteiger partial charge in [-0.25, -0.2) is 9.67 Å². The predicted octanol–water partition coefficient (Wildman–Crippen LogP) is 3.21. The van der Waals surface area contributed by atoms with Gasteiger partial charge in [0.15, 0.2) is 11.3 Å². The van der Waals surface area contributed by atoms with Crippen molar-refractivity contribution in [3.05, 3.63) is 45.3 Å². The number of fused-ring (bicyclic) bond motifs is 1. The molecule has 0 fully saturated rings. The molecule has 0 aliphatic carbocycles. The summed E-state index contributed by atoms with van der Waals surface area (Å²) in [5, 5.41) is 3.73. The molecule has 2 N–H and O–H groups in total. The zero-order valence-electron chi connectivity index (χ0n) is 13.7. The number of benzene rings is 1. The molecule has 0 atom stereocenters. The largest absolute Gasteiger partial charge is 0.435 e. The maximum absolute atomic E-state index is 13.5. The SMILES string of the molecule is CN(C)c1cc(C(N)=O)ccc1-n1nc(C(F)(F)F)c2c(I)ccnc21. The van der Waals surface area contributed by atoms with E-state index in [2.05, 4.69) is 10.1 Å². The minimum Gasteiger partial charge on any atom is -0.376 e. The normalized spacial score (nSPS) is 11.8. The maximum atomic E-state index is 13.5. The van der Waals surface area contributed by atoms with Gasteiger partial charge in [0.25, 0.3) is 0 Å². The number of hydrogen-bond acceptors (Lipinski definition) is 4. The summed E-state index contributed by atoms with van der Waals surface area (Å²) in [4.78, 5) is 17.2. The fourth-order valence-electron chi connectivity index (χ4n) is 2.59. The fourth-order valence-corrected chi connectivity index (χ4v) is 3.24. The summed E-state index contributed by atoms with van der Waals surface area (Å²) in [5.41, 5.74) is 5.46. The Labute approximate surface area is 159 Å². The molecule has 3 aromatic rings. The predicted molar refractivity (Wildman–Crippen MR) is 99.4 cm³/mol. The molecule has 6 nitrogen and oxygen atoms in total. The van der Waals surface area contributed by atoms with Crippen molar-refractivity contribution in [1.29, 1.82) is 0 Å². The highest BCUT2D eigenvalue weighted by atomic mass is 127. The number of alkyl halides is 3. The molecule has 1 aromatic carbocycles. The summed E-state index contributed by atoms with van der Waals surface area (Å²) in [7, 11) is 3.41. The Morgan fingerprint density at radius 1 is 1.27 bits per heavy atom. The smallest absolute Gasteiger partial charge is 0.376 e. The van der Waals surface area contributed by atoms with Crippen LogP contribution in [0.2, 0.25) is 0 Å². The molecule has 0 aliphatic rings. The van der Waals surface area contributed by atoms with Crippen LogP contribution in [0, 0.1) is 3.57 Å². The van der Waals surface area contributed by atoms with E-state index < -0.39 is 17.8 Å². The first-order valence-corrected chi connectivity index (χ1v) is 8.41. The molecule has 0 unspecified atom stereocenters. The lowest BCUT2D eigenvalue weighted by atomic mass is 10.1. The number of pyridine rings is 1. The van der Waals surface area contributed by atoms with Gasteiger partial charge in [-0.15, -0.1) is 0 Å². The van der Waals surface area contributed by atoms with Gasteiger partial charge in [0.1, 0.15) is 0 Å². The lowest BCUT2D eigenvalue weighted by Crippen LogP contribution is -2.17. The second-order valence-electron chi connectivity index (χ2n) is 5.71. The van der Waals surface area contributed by atoms with Crippen LogP contribution >= 0.6 is 22.6 Å². The zero-order chi connectivity index (χ0) is 19.2. The van der Waals surface area contributed by atoms with Gasteiger partial charge in [-0.05, 0) is 46.9 Å². The number of nitrogens with two attached hydrogens (primary N) is 1. The number of nitrogens with zero attached hydrogens (tertiary/aromatic N) is 4. The molecule has 0 spiro atoms. The highest BCUT2D eigenvalue weighted by Gasteiger charge is 2.38. The van der Waals surface area contributed by atoms with Gasteiger partial charge in [0.05, 0.1) is 16.8 Å². The van der Waals surface area contributed by atoms with Crippen LogP contribution in [0.5, 0.6) is 0 Å². The average Bonchev–Trinajstić information content (AvgIpc) is 2.95. The van der Waals surface area contributed by atoms with Crippen molar-refractivity contribution in [1.82, 2.24) is 14.8 Å². The molecule has 26 heavy (non-hydrogen) atoms. The molecular formula is C16H13F3IN5O. The lowest BCUT2D eigenvalue weighted by molar-refractivity contribution is -0.140. The van der Waals surface area contributed by atoms with Crippen molar-refractivity contribution in [3.8, 4) is 5.69 Å². The molecule has 2 aromatic heterocycles. The van der Waals surface area contributed by atoms with Crippen LogP contribution in [0.4, 0.5) is 18.9 Å². The summed E-state index contributed by atoms with van der Waals surface area (Å²) in [6.45, 7) is 0. The zero-order valence-corrected chi connectivity index (χ0v) is 15.8. The van der Waals surface area contributed by atoms with E-state index in [1.165, 1.54) is 30.5 Å². The molecule has 0 saturated carbocycles. The second kappa shape index (κ2) is 6.41. The van der Waals surface area contributed by atoms with E-state index in [0.29, 0.717) is 14.9 Å². The molecule has 0 saturated heterocycles. The summed E-state index contributed by atoms with van der Waals surface area (Å²) < 4.78 is 42.0. The average molecular weight is 475 g/mol. The number of anilines is 1. The molecule has 0 radical (unpaired) electrons. The first-order valence-electron chi connectivity index (χ1n) is 7.33. The van der Waals surface area contributed by atoms with E-state index >= 15 is 0 Å². The van der Waals surface area contributed by atoms with Crippen LogP contribution in [0.3, 0.4) is 0 Å². The molecule has 10 heteroatoms. The first-order chi connectivity index (χ1) is 12.1. The number of halogens is 4. The van der Waals surface area contributed by atoms with Crippen LogP contribution in [0.25, 0.3) is 16.7 Å². The lowest BCUT2D eigenvalue weighted by Gasteiger charge is -2.18. The van der Waals surface area contributed by atoms with E-state index in [-0.39, 0.29) is 16.6 Å². The van der Waals surface area contributed by atoms with Gasteiger partial charge in [0, 0.05) is 29.4 Å². The second-order valence-corrected chi connectivity index (χ2v) is 6.87. The Balaban J connectivity index is 2.37. The number of amides is 1. The topological polar surface area (TPSA) is 77.0 Å². The quantitative estimate of drug-likeness (QED) is 0.591. The highest BCUT2D eigenvalue weighted by molar-refractivity contribution is 14.1. The molecule has 136 valence electrons. The number of hydrogen-bond donors (Lipinski definition) is 1. The number of carbonyl (C=O) groups is 1. The van der Waals surface area contributed by atoms with Crippen LogP contribution in [-0.4, -0.2) is 34.8 Å². The number of rotatable bonds is 3. The Hall–Kier alpha value is -2.37. The summed E-state index contributed by atoms with van der Waals surface area (Å²) >= 11 is 1.83. The van der Waals surface area contributed by atoms with Crippen LogP contribution < -0.4 is 10.6 Å². The Morgan fingerprint density at radius 3 is 2.54 bits per heavy atom. The van der Waals surface area contributed by atoms with Gasteiger partial charge in [-0.1, -0.05) is 0 Å².